The third-order valence-corrected chi connectivity index (χ3v) is 4.68. The zero-order valence-corrected chi connectivity index (χ0v) is 14.0. The fourth-order valence-electron chi connectivity index (χ4n) is 3.29. The number of carbonyl (C=O) groups excluding carboxylic acids is 2. The van der Waals surface area contributed by atoms with Crippen molar-refractivity contribution in [3.05, 3.63) is 23.8 Å². The van der Waals surface area contributed by atoms with Crippen LogP contribution in [-0.2, 0) is 9.59 Å². The van der Waals surface area contributed by atoms with Crippen LogP contribution in [0.4, 0.5) is 5.69 Å². The van der Waals surface area contributed by atoms with Crippen molar-refractivity contribution in [2.45, 2.75) is 51.2 Å². The van der Waals surface area contributed by atoms with Crippen LogP contribution in [-0.4, -0.2) is 42.2 Å². The largest absolute Gasteiger partial charge is 0.482 e. The van der Waals surface area contributed by atoms with Crippen LogP contribution in [0.1, 0.15) is 37.7 Å². The number of rotatable bonds is 4. The first-order valence-electron chi connectivity index (χ1n) is 8.54. The van der Waals surface area contributed by atoms with Gasteiger partial charge in [0, 0.05) is 19.0 Å². The molecule has 24 heavy (non-hydrogen) atoms. The highest BCUT2D eigenvalue weighted by Gasteiger charge is 2.26. The normalized spacial score (nSPS) is 23.4. The molecule has 1 heterocycles. The summed E-state index contributed by atoms with van der Waals surface area (Å²) < 4.78 is 5.44. The molecular weight excluding hydrogens is 308 g/mol. The Morgan fingerprint density at radius 1 is 1.33 bits per heavy atom. The molecule has 1 aliphatic heterocycles. The van der Waals surface area contributed by atoms with Crippen molar-refractivity contribution >= 4 is 17.5 Å². The second kappa shape index (κ2) is 7.21. The molecule has 0 saturated heterocycles. The standard InChI is InChI=1S/C18H24N2O4/c1-12-2-7-16-15(10-12)20(18(23)11-24-16)9-8-17(22)19-13-3-5-14(21)6-4-13/h2,7,10,13-14,21H,3-6,8-9,11H2,1H3,(H,19,22). The molecule has 2 N–H and O–H groups in total. The Morgan fingerprint density at radius 2 is 2.08 bits per heavy atom. The highest BCUT2D eigenvalue weighted by atomic mass is 16.5. The number of hydrogen-bond acceptors (Lipinski definition) is 4. The van der Waals surface area contributed by atoms with Crippen LogP contribution in [0.15, 0.2) is 18.2 Å². The van der Waals surface area contributed by atoms with E-state index < -0.39 is 0 Å². The molecule has 2 aliphatic rings. The molecule has 0 radical (unpaired) electrons. The Bertz CT molecular complexity index is 623. The maximum atomic E-state index is 12.2. The van der Waals surface area contributed by atoms with Gasteiger partial charge in [-0.2, -0.15) is 0 Å². The predicted octanol–water partition coefficient (Wildman–Crippen LogP) is 1.53. The van der Waals surface area contributed by atoms with Crippen LogP contribution >= 0.6 is 0 Å². The molecule has 1 aliphatic carbocycles. The van der Waals surface area contributed by atoms with Crippen molar-refractivity contribution in [1.82, 2.24) is 5.32 Å². The van der Waals surface area contributed by atoms with E-state index in [0.717, 1.165) is 36.9 Å². The zero-order chi connectivity index (χ0) is 17.1. The lowest BCUT2D eigenvalue weighted by atomic mass is 9.93. The van der Waals surface area contributed by atoms with E-state index in [9.17, 15) is 14.7 Å². The molecule has 1 aromatic carbocycles. The molecule has 6 nitrogen and oxygen atoms in total. The summed E-state index contributed by atoms with van der Waals surface area (Å²) >= 11 is 0. The maximum Gasteiger partial charge on any atom is 0.265 e. The molecule has 0 bridgehead atoms. The van der Waals surface area contributed by atoms with Gasteiger partial charge in [-0.25, -0.2) is 0 Å². The SMILES string of the molecule is Cc1ccc2c(c1)N(CCC(=O)NC1CCC(O)CC1)C(=O)CO2. The number of benzene rings is 1. The lowest BCUT2D eigenvalue weighted by molar-refractivity contribution is -0.122. The topological polar surface area (TPSA) is 78.9 Å². The van der Waals surface area contributed by atoms with E-state index in [0.29, 0.717) is 12.3 Å². The molecule has 0 aromatic heterocycles. The molecule has 130 valence electrons. The molecule has 3 rings (SSSR count). The average molecular weight is 332 g/mol. The first-order chi connectivity index (χ1) is 11.5. The summed E-state index contributed by atoms with van der Waals surface area (Å²) in [5, 5.41) is 12.5. The molecule has 1 saturated carbocycles. The number of amides is 2. The number of ether oxygens (including phenoxy) is 1. The number of aliphatic hydroxyl groups is 1. The van der Waals surface area contributed by atoms with Gasteiger partial charge in [-0.05, 0) is 50.3 Å². The van der Waals surface area contributed by atoms with Crippen LogP contribution in [0.25, 0.3) is 0 Å². The van der Waals surface area contributed by atoms with Crippen LogP contribution in [0.2, 0.25) is 0 Å². The summed E-state index contributed by atoms with van der Waals surface area (Å²) in [5.74, 6) is 0.508. The summed E-state index contributed by atoms with van der Waals surface area (Å²) in [5.41, 5.74) is 1.78. The van der Waals surface area contributed by atoms with E-state index in [2.05, 4.69) is 5.32 Å². The van der Waals surface area contributed by atoms with Crippen LogP contribution in [0.5, 0.6) is 5.75 Å². The molecular formula is C18H24N2O4. The lowest BCUT2D eigenvalue weighted by Crippen LogP contribution is -2.43. The van der Waals surface area contributed by atoms with Crippen molar-refractivity contribution in [1.29, 1.82) is 0 Å². The van der Waals surface area contributed by atoms with E-state index in [1.165, 1.54) is 0 Å². The number of carbonyl (C=O) groups is 2. The minimum absolute atomic E-state index is 0.0121. The van der Waals surface area contributed by atoms with Gasteiger partial charge in [-0.1, -0.05) is 6.07 Å². The monoisotopic (exact) mass is 332 g/mol. The third kappa shape index (κ3) is 3.87. The number of fused-ring (bicyclic) bond motifs is 1. The molecule has 0 atom stereocenters. The average Bonchev–Trinajstić information content (AvgIpc) is 2.56. The summed E-state index contributed by atoms with van der Waals surface area (Å²) in [6, 6.07) is 5.84. The van der Waals surface area contributed by atoms with E-state index >= 15 is 0 Å². The summed E-state index contributed by atoms with van der Waals surface area (Å²) in [6.45, 7) is 2.32. The molecule has 0 unspecified atom stereocenters. The second-order valence-corrected chi connectivity index (χ2v) is 6.63. The molecule has 2 amide bonds. The maximum absolute atomic E-state index is 12.2. The number of hydrogen-bond donors (Lipinski definition) is 2. The first kappa shape index (κ1) is 16.8. The van der Waals surface area contributed by atoms with Gasteiger partial charge in [0.2, 0.25) is 5.91 Å². The Kier molecular flexibility index (Phi) is 5.04. The number of nitrogens with one attached hydrogen (secondary N) is 1. The second-order valence-electron chi connectivity index (χ2n) is 6.63. The fraction of sp³-hybridized carbons (Fsp3) is 0.556. The number of anilines is 1. The van der Waals surface area contributed by atoms with E-state index in [4.69, 9.17) is 4.74 Å². The third-order valence-electron chi connectivity index (χ3n) is 4.68. The molecule has 1 fully saturated rings. The number of nitrogens with zero attached hydrogens (tertiary/aromatic N) is 1. The van der Waals surface area contributed by atoms with Crippen molar-refractivity contribution in [3.8, 4) is 5.75 Å². The Morgan fingerprint density at radius 3 is 2.83 bits per heavy atom. The Labute approximate surface area is 141 Å². The van der Waals surface area contributed by atoms with Gasteiger partial charge in [0.15, 0.2) is 6.61 Å². The molecule has 1 aromatic rings. The van der Waals surface area contributed by atoms with Crippen molar-refractivity contribution in [3.63, 3.8) is 0 Å². The van der Waals surface area contributed by atoms with Gasteiger partial charge in [-0.15, -0.1) is 0 Å². The smallest absolute Gasteiger partial charge is 0.265 e. The Balaban J connectivity index is 1.57. The van der Waals surface area contributed by atoms with Crippen molar-refractivity contribution in [2.75, 3.05) is 18.1 Å². The minimum Gasteiger partial charge on any atom is -0.482 e. The van der Waals surface area contributed by atoms with Gasteiger partial charge >= 0.3 is 0 Å². The highest BCUT2D eigenvalue weighted by Crippen LogP contribution is 2.32. The van der Waals surface area contributed by atoms with Gasteiger partial charge in [0.25, 0.3) is 5.91 Å². The minimum atomic E-state index is -0.233. The lowest BCUT2D eigenvalue weighted by Gasteiger charge is -2.30. The van der Waals surface area contributed by atoms with E-state index in [1.807, 2.05) is 25.1 Å². The van der Waals surface area contributed by atoms with Gasteiger partial charge in [0.05, 0.1) is 11.8 Å². The van der Waals surface area contributed by atoms with Crippen LogP contribution in [0, 0.1) is 6.92 Å². The molecule has 6 heteroatoms. The van der Waals surface area contributed by atoms with Crippen LogP contribution < -0.4 is 15.0 Å². The fourth-order valence-corrected chi connectivity index (χ4v) is 3.29. The van der Waals surface area contributed by atoms with E-state index in [1.54, 1.807) is 4.90 Å². The number of aliphatic hydroxyl groups excluding tert-OH is 1. The summed E-state index contributed by atoms with van der Waals surface area (Å²) in [6.07, 6.45) is 3.12. The van der Waals surface area contributed by atoms with Gasteiger partial charge in [0.1, 0.15) is 5.75 Å². The van der Waals surface area contributed by atoms with Gasteiger partial charge < -0.3 is 20.1 Å². The zero-order valence-electron chi connectivity index (χ0n) is 14.0. The first-order valence-corrected chi connectivity index (χ1v) is 8.54. The molecule has 0 spiro atoms. The summed E-state index contributed by atoms with van der Waals surface area (Å²) in [7, 11) is 0. The van der Waals surface area contributed by atoms with Crippen molar-refractivity contribution in [2.24, 2.45) is 0 Å². The predicted molar refractivity (Wildman–Crippen MR) is 90.0 cm³/mol. The van der Waals surface area contributed by atoms with E-state index in [-0.39, 0.29) is 37.0 Å². The van der Waals surface area contributed by atoms with Crippen molar-refractivity contribution < 1.29 is 19.4 Å². The van der Waals surface area contributed by atoms with Crippen LogP contribution in [0.3, 0.4) is 0 Å². The Hall–Kier alpha value is -2.08. The number of aryl methyl sites for hydroxylation is 1. The quantitative estimate of drug-likeness (QED) is 0.876. The summed E-state index contributed by atoms with van der Waals surface area (Å²) in [4.78, 5) is 26.0. The highest BCUT2D eigenvalue weighted by molar-refractivity contribution is 5.98. The van der Waals surface area contributed by atoms with Gasteiger partial charge in [-0.3, -0.25) is 9.59 Å².